The van der Waals surface area contributed by atoms with Crippen molar-refractivity contribution in [2.75, 3.05) is 16.4 Å². The molecule has 0 aliphatic rings. The molecule has 0 heterocycles. The van der Waals surface area contributed by atoms with Gasteiger partial charge >= 0.3 is 6.36 Å². The van der Waals surface area contributed by atoms with Crippen molar-refractivity contribution in [2.24, 2.45) is 0 Å². The molecule has 0 saturated heterocycles. The molecule has 3 rings (SSSR count). The van der Waals surface area contributed by atoms with E-state index in [4.69, 9.17) is 5.73 Å². The number of amides is 1. The number of para-hydroxylation sites is 2. The molecule has 0 saturated carbocycles. The first-order chi connectivity index (χ1) is 14.8. The van der Waals surface area contributed by atoms with Crippen LogP contribution in [0.15, 0.2) is 78.9 Å². The zero-order valence-corrected chi connectivity index (χ0v) is 16.3. The summed E-state index contributed by atoms with van der Waals surface area (Å²) < 4.78 is 40.9. The van der Waals surface area contributed by atoms with Gasteiger partial charge in [-0.2, -0.15) is 0 Å². The highest BCUT2D eigenvalue weighted by molar-refractivity contribution is 6.03. The third kappa shape index (κ3) is 7.11. The molecule has 0 radical (unpaired) electrons. The molecule has 8 heteroatoms. The summed E-state index contributed by atoms with van der Waals surface area (Å²) in [4.78, 5) is 12.0. The van der Waals surface area contributed by atoms with Gasteiger partial charge in [0.2, 0.25) is 5.91 Å². The van der Waals surface area contributed by atoms with Crippen LogP contribution in [0.4, 0.5) is 30.2 Å². The van der Waals surface area contributed by atoms with E-state index < -0.39 is 6.36 Å². The fourth-order valence-electron chi connectivity index (χ4n) is 2.71. The molecule has 0 unspecified atom stereocenters. The number of rotatable bonds is 7. The maximum absolute atomic E-state index is 12.3. The molecule has 0 aromatic heterocycles. The Kier molecular flexibility index (Phi) is 6.81. The van der Waals surface area contributed by atoms with E-state index in [1.54, 1.807) is 36.4 Å². The van der Waals surface area contributed by atoms with Crippen LogP contribution in [-0.2, 0) is 11.3 Å². The molecule has 0 fully saturated rings. The number of hydrogen-bond acceptors (Lipinski definition) is 4. The second-order valence-electron chi connectivity index (χ2n) is 6.58. The van der Waals surface area contributed by atoms with Crippen molar-refractivity contribution >= 4 is 29.0 Å². The first-order valence-corrected chi connectivity index (χ1v) is 9.31. The Morgan fingerprint density at radius 3 is 2.45 bits per heavy atom. The fourth-order valence-corrected chi connectivity index (χ4v) is 2.71. The van der Waals surface area contributed by atoms with Gasteiger partial charge in [-0.15, -0.1) is 13.2 Å². The lowest BCUT2D eigenvalue weighted by molar-refractivity contribution is -0.274. The van der Waals surface area contributed by atoms with Gasteiger partial charge in [0.15, 0.2) is 0 Å². The zero-order valence-electron chi connectivity index (χ0n) is 16.3. The van der Waals surface area contributed by atoms with Gasteiger partial charge in [-0.05, 0) is 41.5 Å². The maximum Gasteiger partial charge on any atom is 0.573 e. The number of benzene rings is 3. The number of hydrogen-bond donors (Lipinski definition) is 3. The fraction of sp³-hybridized carbons (Fsp3) is 0.0870. The standard InChI is InChI=1S/C23H20F3N3O2/c24-23(25,26)31-19-5-3-4-18(14-19)28-15-17-10-8-16(9-11-17)12-13-22(30)29-21-7-2-1-6-20(21)27/h1-14,28H,15,27H2,(H,29,30)/b13-12+. The Morgan fingerprint density at radius 1 is 1.00 bits per heavy atom. The lowest BCUT2D eigenvalue weighted by Crippen LogP contribution is -2.17. The lowest BCUT2D eigenvalue weighted by atomic mass is 10.1. The minimum Gasteiger partial charge on any atom is -0.406 e. The third-order valence-electron chi connectivity index (χ3n) is 4.19. The number of halogens is 3. The molecule has 1 amide bonds. The van der Waals surface area contributed by atoms with Gasteiger partial charge in [0.1, 0.15) is 5.75 Å². The quantitative estimate of drug-likeness (QED) is 0.347. The summed E-state index contributed by atoms with van der Waals surface area (Å²) in [5.41, 5.74) is 9.06. The summed E-state index contributed by atoms with van der Waals surface area (Å²) >= 11 is 0. The van der Waals surface area contributed by atoms with Crippen molar-refractivity contribution in [3.05, 3.63) is 90.0 Å². The van der Waals surface area contributed by atoms with Crippen LogP contribution in [0.1, 0.15) is 11.1 Å². The average Bonchev–Trinajstić information content (AvgIpc) is 2.72. The molecule has 5 nitrogen and oxygen atoms in total. The molecule has 3 aromatic carbocycles. The molecule has 0 spiro atoms. The van der Waals surface area contributed by atoms with E-state index in [-0.39, 0.29) is 11.7 Å². The number of nitrogens with one attached hydrogen (secondary N) is 2. The van der Waals surface area contributed by atoms with E-state index in [1.165, 1.54) is 24.3 Å². The van der Waals surface area contributed by atoms with E-state index in [9.17, 15) is 18.0 Å². The van der Waals surface area contributed by atoms with Gasteiger partial charge in [-0.1, -0.05) is 42.5 Å². The monoisotopic (exact) mass is 427 g/mol. The minimum atomic E-state index is -4.73. The molecular formula is C23H20F3N3O2. The highest BCUT2D eigenvalue weighted by Gasteiger charge is 2.31. The second-order valence-corrected chi connectivity index (χ2v) is 6.58. The number of alkyl halides is 3. The van der Waals surface area contributed by atoms with E-state index in [0.29, 0.717) is 23.6 Å². The topological polar surface area (TPSA) is 76.4 Å². The van der Waals surface area contributed by atoms with Gasteiger partial charge in [-0.3, -0.25) is 4.79 Å². The van der Waals surface area contributed by atoms with Crippen LogP contribution in [0.25, 0.3) is 6.08 Å². The molecule has 31 heavy (non-hydrogen) atoms. The van der Waals surface area contributed by atoms with E-state index >= 15 is 0 Å². The first kappa shape index (κ1) is 21.8. The molecule has 0 aliphatic carbocycles. The Morgan fingerprint density at radius 2 is 1.74 bits per heavy atom. The predicted molar refractivity (Wildman–Crippen MR) is 115 cm³/mol. The number of carbonyl (C=O) groups is 1. The first-order valence-electron chi connectivity index (χ1n) is 9.31. The van der Waals surface area contributed by atoms with E-state index in [1.807, 2.05) is 24.3 Å². The zero-order chi connectivity index (χ0) is 22.3. The number of nitrogens with two attached hydrogens (primary N) is 1. The molecule has 3 aromatic rings. The smallest absolute Gasteiger partial charge is 0.406 e. The van der Waals surface area contributed by atoms with Crippen LogP contribution in [0.5, 0.6) is 5.75 Å². The van der Waals surface area contributed by atoms with Crippen LogP contribution in [-0.4, -0.2) is 12.3 Å². The number of nitrogen functional groups attached to an aromatic ring is 1. The summed E-state index contributed by atoms with van der Waals surface area (Å²) in [7, 11) is 0. The lowest BCUT2D eigenvalue weighted by Gasteiger charge is -2.11. The average molecular weight is 427 g/mol. The maximum atomic E-state index is 12.3. The van der Waals surface area contributed by atoms with Gasteiger partial charge in [0.25, 0.3) is 0 Å². The van der Waals surface area contributed by atoms with Crippen molar-refractivity contribution < 1.29 is 22.7 Å². The van der Waals surface area contributed by atoms with Gasteiger partial charge in [0, 0.05) is 24.4 Å². The Balaban J connectivity index is 1.53. The minimum absolute atomic E-state index is 0.284. The van der Waals surface area contributed by atoms with Crippen LogP contribution < -0.4 is 21.1 Å². The third-order valence-corrected chi connectivity index (χ3v) is 4.19. The normalized spacial score (nSPS) is 11.3. The van der Waals surface area contributed by atoms with E-state index in [2.05, 4.69) is 15.4 Å². The SMILES string of the molecule is Nc1ccccc1NC(=O)/C=C/c1ccc(CNc2cccc(OC(F)(F)F)c2)cc1. The highest BCUT2D eigenvalue weighted by Crippen LogP contribution is 2.25. The molecule has 0 atom stereocenters. The highest BCUT2D eigenvalue weighted by atomic mass is 19.4. The van der Waals surface area contributed by atoms with Crippen LogP contribution >= 0.6 is 0 Å². The number of ether oxygens (including phenoxy) is 1. The predicted octanol–water partition coefficient (Wildman–Crippen LogP) is 5.43. The Labute approximate surface area is 177 Å². The largest absolute Gasteiger partial charge is 0.573 e. The van der Waals surface area contributed by atoms with Crippen molar-refractivity contribution in [1.29, 1.82) is 0 Å². The molecule has 0 bridgehead atoms. The summed E-state index contributed by atoms with van der Waals surface area (Å²) in [6.45, 7) is 0.410. The second kappa shape index (κ2) is 9.71. The Hall–Kier alpha value is -3.94. The summed E-state index contributed by atoms with van der Waals surface area (Å²) in [6, 6.07) is 20.0. The van der Waals surface area contributed by atoms with Crippen LogP contribution in [0.2, 0.25) is 0 Å². The van der Waals surface area contributed by atoms with Crippen LogP contribution in [0, 0.1) is 0 Å². The van der Waals surface area contributed by atoms with Crippen molar-refractivity contribution in [3.63, 3.8) is 0 Å². The number of carbonyl (C=O) groups excluding carboxylic acids is 1. The number of anilines is 3. The van der Waals surface area contributed by atoms with Crippen molar-refractivity contribution in [3.8, 4) is 5.75 Å². The van der Waals surface area contributed by atoms with Gasteiger partial charge in [-0.25, -0.2) is 0 Å². The van der Waals surface area contributed by atoms with Gasteiger partial charge < -0.3 is 21.1 Å². The summed E-state index contributed by atoms with van der Waals surface area (Å²) in [5.74, 6) is -0.585. The van der Waals surface area contributed by atoms with Crippen molar-refractivity contribution in [2.45, 2.75) is 12.9 Å². The summed E-state index contributed by atoms with van der Waals surface area (Å²) in [6.07, 6.45) is -1.65. The molecular weight excluding hydrogens is 407 g/mol. The molecule has 160 valence electrons. The summed E-state index contributed by atoms with van der Waals surface area (Å²) in [5, 5.41) is 5.76. The molecule has 0 aliphatic heterocycles. The Bertz CT molecular complexity index is 1060. The van der Waals surface area contributed by atoms with Gasteiger partial charge in [0.05, 0.1) is 11.4 Å². The van der Waals surface area contributed by atoms with E-state index in [0.717, 1.165) is 11.1 Å². The van der Waals surface area contributed by atoms with Crippen LogP contribution in [0.3, 0.4) is 0 Å². The van der Waals surface area contributed by atoms with Crippen molar-refractivity contribution in [1.82, 2.24) is 0 Å². The molecule has 4 N–H and O–H groups in total.